The third kappa shape index (κ3) is 3.25. The molecule has 0 radical (unpaired) electrons. The maximum atomic E-state index is 9.55. The Balaban J connectivity index is 1.55. The molecule has 0 amide bonds. The average Bonchev–Trinajstić information content (AvgIpc) is 3.30. The number of nitrogens with zero attached hydrogens (tertiary/aromatic N) is 5. The van der Waals surface area contributed by atoms with Gasteiger partial charge in [-0.15, -0.1) is 0 Å². The molecule has 2 aliphatic rings. The van der Waals surface area contributed by atoms with Crippen LogP contribution in [0.1, 0.15) is 56.3 Å². The Morgan fingerprint density at radius 1 is 1.20 bits per heavy atom. The van der Waals surface area contributed by atoms with Crippen molar-refractivity contribution in [3.8, 4) is 22.9 Å². The van der Waals surface area contributed by atoms with Gasteiger partial charge in [-0.05, 0) is 64.6 Å². The van der Waals surface area contributed by atoms with E-state index < -0.39 is 0 Å². The number of piperidine rings is 1. The second kappa shape index (κ2) is 7.77. The lowest BCUT2D eigenvalue weighted by Crippen LogP contribution is -2.30. The van der Waals surface area contributed by atoms with Gasteiger partial charge >= 0.3 is 0 Å². The summed E-state index contributed by atoms with van der Waals surface area (Å²) in [6.45, 7) is 6.34. The van der Waals surface area contributed by atoms with Crippen LogP contribution in [0.15, 0.2) is 24.7 Å². The van der Waals surface area contributed by atoms with Crippen LogP contribution in [0.5, 0.6) is 5.75 Å². The van der Waals surface area contributed by atoms with Gasteiger partial charge in [0.25, 0.3) is 0 Å². The molecule has 2 fully saturated rings. The second-order valence-corrected chi connectivity index (χ2v) is 8.64. The first-order valence-electron chi connectivity index (χ1n) is 11.0. The Morgan fingerprint density at radius 2 is 2.00 bits per heavy atom. The number of hydrogen-bond acceptors (Lipinski definition) is 5. The molecule has 0 unspecified atom stereocenters. The minimum absolute atomic E-state index is 0.123. The molecule has 3 aromatic heterocycles. The van der Waals surface area contributed by atoms with Crippen LogP contribution in [0.25, 0.3) is 16.6 Å². The highest BCUT2D eigenvalue weighted by molar-refractivity contribution is 5.76. The van der Waals surface area contributed by atoms with Crippen molar-refractivity contribution in [2.45, 2.75) is 58.1 Å². The third-order valence-corrected chi connectivity index (χ3v) is 6.83. The van der Waals surface area contributed by atoms with Gasteiger partial charge in [0.15, 0.2) is 0 Å². The van der Waals surface area contributed by atoms with Gasteiger partial charge in [0.05, 0.1) is 24.5 Å². The van der Waals surface area contributed by atoms with Crippen molar-refractivity contribution >= 4 is 5.52 Å². The summed E-state index contributed by atoms with van der Waals surface area (Å²) in [4.78, 5) is 0. The molecule has 1 saturated carbocycles. The first-order chi connectivity index (χ1) is 14.7. The SMILES string of the molecule is Cc1c(-c2cc(O[C@H](C)C3CCC3)c3c(C#N)cnn3c2)cnn1C1CCNCC1. The number of nitrogens with one attached hydrogen (secondary N) is 1. The number of pyridine rings is 1. The standard InChI is InChI=1S/C23H28N6O/c1-15-21(13-27-29(15)20-6-8-25-9-7-20)18-10-22(30-16(2)17-4-3-5-17)23-19(11-24)12-26-28(23)14-18/h10,12-14,16-17,20,25H,3-9H2,1-2H3/t16-/m1/s1. The normalized spacial score (nSPS) is 18.8. The number of nitriles is 1. The van der Waals surface area contributed by atoms with Gasteiger partial charge in [0, 0.05) is 23.0 Å². The Hall–Kier alpha value is -2.85. The number of hydrogen-bond donors (Lipinski definition) is 1. The van der Waals surface area contributed by atoms with Crippen LogP contribution in [0, 0.1) is 24.2 Å². The van der Waals surface area contributed by atoms with Gasteiger partial charge in [-0.25, -0.2) is 4.52 Å². The maximum absolute atomic E-state index is 9.55. The Bertz CT molecular complexity index is 1100. The lowest BCUT2D eigenvalue weighted by molar-refractivity contribution is 0.1000. The molecule has 1 saturated heterocycles. The summed E-state index contributed by atoms with van der Waals surface area (Å²) >= 11 is 0. The summed E-state index contributed by atoms with van der Waals surface area (Å²) in [6, 6.07) is 4.75. The van der Waals surface area contributed by atoms with Crippen molar-refractivity contribution in [1.29, 1.82) is 5.26 Å². The highest BCUT2D eigenvalue weighted by Crippen LogP contribution is 2.36. The number of ether oxygens (including phenoxy) is 1. The predicted molar refractivity (Wildman–Crippen MR) is 114 cm³/mol. The van der Waals surface area contributed by atoms with Gasteiger partial charge in [-0.3, -0.25) is 4.68 Å². The molecule has 156 valence electrons. The molecule has 1 aliphatic heterocycles. The van der Waals surface area contributed by atoms with Crippen molar-refractivity contribution < 1.29 is 4.74 Å². The largest absolute Gasteiger partial charge is 0.488 e. The average molecular weight is 405 g/mol. The second-order valence-electron chi connectivity index (χ2n) is 8.64. The fraction of sp³-hybridized carbons (Fsp3) is 0.522. The number of fused-ring (bicyclic) bond motifs is 1. The topological polar surface area (TPSA) is 80.2 Å². The van der Waals surface area contributed by atoms with Crippen LogP contribution >= 0.6 is 0 Å². The summed E-state index contributed by atoms with van der Waals surface area (Å²) in [5, 5.41) is 22.1. The number of rotatable bonds is 5. The van der Waals surface area contributed by atoms with E-state index in [0.29, 0.717) is 17.5 Å². The molecule has 7 nitrogen and oxygen atoms in total. The minimum Gasteiger partial charge on any atom is -0.488 e. The van der Waals surface area contributed by atoms with Crippen molar-refractivity contribution in [2.75, 3.05) is 13.1 Å². The molecular formula is C23H28N6O. The third-order valence-electron chi connectivity index (χ3n) is 6.83. The first-order valence-corrected chi connectivity index (χ1v) is 11.0. The van der Waals surface area contributed by atoms with Crippen molar-refractivity contribution in [3.05, 3.63) is 35.9 Å². The summed E-state index contributed by atoms with van der Waals surface area (Å²) < 4.78 is 10.4. The maximum Gasteiger partial charge on any atom is 0.147 e. The summed E-state index contributed by atoms with van der Waals surface area (Å²) in [7, 11) is 0. The first kappa shape index (κ1) is 19.1. The molecule has 4 heterocycles. The van der Waals surface area contributed by atoms with Crippen LogP contribution in [0.3, 0.4) is 0 Å². The lowest BCUT2D eigenvalue weighted by Gasteiger charge is -2.31. The van der Waals surface area contributed by atoms with E-state index in [1.807, 2.05) is 12.4 Å². The molecule has 0 bridgehead atoms. The lowest BCUT2D eigenvalue weighted by atomic mass is 9.82. The van der Waals surface area contributed by atoms with Gasteiger partial charge in [-0.1, -0.05) is 6.42 Å². The van der Waals surface area contributed by atoms with E-state index in [1.54, 1.807) is 10.7 Å². The van der Waals surface area contributed by atoms with Crippen molar-refractivity contribution in [3.63, 3.8) is 0 Å². The summed E-state index contributed by atoms with van der Waals surface area (Å²) in [5.74, 6) is 1.32. The predicted octanol–water partition coefficient (Wildman–Crippen LogP) is 3.87. The van der Waals surface area contributed by atoms with Gasteiger partial charge in [0.2, 0.25) is 0 Å². The molecule has 7 heteroatoms. The fourth-order valence-corrected chi connectivity index (χ4v) is 4.74. The molecule has 5 rings (SSSR count). The highest BCUT2D eigenvalue weighted by Gasteiger charge is 2.27. The van der Waals surface area contributed by atoms with Gasteiger partial charge < -0.3 is 10.1 Å². The van der Waals surface area contributed by atoms with E-state index in [1.165, 1.54) is 19.3 Å². The van der Waals surface area contributed by atoms with E-state index >= 15 is 0 Å². The van der Waals surface area contributed by atoms with E-state index in [4.69, 9.17) is 9.84 Å². The molecule has 1 atom stereocenters. The molecule has 1 aliphatic carbocycles. The molecule has 30 heavy (non-hydrogen) atoms. The van der Waals surface area contributed by atoms with Gasteiger partial charge in [0.1, 0.15) is 22.9 Å². The smallest absolute Gasteiger partial charge is 0.147 e. The zero-order chi connectivity index (χ0) is 20.7. The molecule has 0 spiro atoms. The zero-order valence-corrected chi connectivity index (χ0v) is 17.6. The van der Waals surface area contributed by atoms with Gasteiger partial charge in [-0.2, -0.15) is 15.5 Å². The van der Waals surface area contributed by atoms with Crippen LogP contribution in [-0.2, 0) is 0 Å². The van der Waals surface area contributed by atoms with E-state index in [2.05, 4.69) is 41.1 Å². The number of aromatic nitrogens is 4. The van der Waals surface area contributed by atoms with Crippen LogP contribution in [-0.4, -0.2) is 38.6 Å². The summed E-state index contributed by atoms with van der Waals surface area (Å²) in [5.41, 5.74) is 4.55. The Kier molecular flexibility index (Phi) is 4.95. The monoisotopic (exact) mass is 404 g/mol. The van der Waals surface area contributed by atoms with Crippen molar-refractivity contribution in [1.82, 2.24) is 24.7 Å². The van der Waals surface area contributed by atoms with E-state index in [-0.39, 0.29) is 6.10 Å². The zero-order valence-electron chi connectivity index (χ0n) is 17.6. The van der Waals surface area contributed by atoms with Crippen LogP contribution in [0.4, 0.5) is 0 Å². The molecule has 0 aromatic carbocycles. The fourth-order valence-electron chi connectivity index (χ4n) is 4.74. The van der Waals surface area contributed by atoms with E-state index in [0.717, 1.165) is 54.0 Å². The summed E-state index contributed by atoms with van der Waals surface area (Å²) in [6.07, 6.45) is 11.6. The Labute approximate surface area is 176 Å². The molecular weight excluding hydrogens is 376 g/mol. The Morgan fingerprint density at radius 3 is 2.70 bits per heavy atom. The van der Waals surface area contributed by atoms with Crippen molar-refractivity contribution in [2.24, 2.45) is 5.92 Å². The molecule has 1 N–H and O–H groups in total. The minimum atomic E-state index is 0.123. The van der Waals surface area contributed by atoms with Crippen LogP contribution < -0.4 is 10.1 Å². The molecule has 3 aromatic rings. The van der Waals surface area contributed by atoms with Crippen LogP contribution in [0.2, 0.25) is 0 Å². The highest BCUT2D eigenvalue weighted by atomic mass is 16.5. The quantitative estimate of drug-likeness (QED) is 0.698. The van der Waals surface area contributed by atoms with E-state index in [9.17, 15) is 5.26 Å².